The molecule has 0 amide bonds. The number of aromatic nitrogens is 2. The van der Waals surface area contributed by atoms with Crippen LogP contribution in [0.2, 0.25) is 0 Å². The molecule has 1 N–H and O–H groups in total. The zero-order valence-corrected chi connectivity index (χ0v) is 10.2. The fourth-order valence-corrected chi connectivity index (χ4v) is 1.94. The smallest absolute Gasteiger partial charge is 0.124 e. The minimum atomic E-state index is 0.824. The van der Waals surface area contributed by atoms with Crippen LogP contribution >= 0.6 is 0 Å². The molecule has 0 bridgehead atoms. The number of aryl methyl sites for hydroxylation is 1. The molecule has 16 heavy (non-hydrogen) atoms. The van der Waals surface area contributed by atoms with Gasteiger partial charge < -0.3 is 9.47 Å². The Morgan fingerprint density at radius 3 is 2.75 bits per heavy atom. The first-order valence-corrected chi connectivity index (χ1v) is 5.96. The van der Waals surface area contributed by atoms with Crippen molar-refractivity contribution in [2.24, 2.45) is 0 Å². The van der Waals surface area contributed by atoms with Gasteiger partial charge in [-0.1, -0.05) is 0 Å². The highest BCUT2D eigenvalue weighted by Crippen LogP contribution is 1.99. The molecular formula is C11H21N5. The number of hydrogen-bond acceptors (Lipinski definition) is 4. The lowest BCUT2D eigenvalue weighted by molar-refractivity contribution is 0.100. The summed E-state index contributed by atoms with van der Waals surface area (Å²) >= 11 is 0. The maximum Gasteiger partial charge on any atom is 0.124 e. The first kappa shape index (κ1) is 11.6. The summed E-state index contributed by atoms with van der Waals surface area (Å²) in [7, 11) is 2.17. The summed E-state index contributed by atoms with van der Waals surface area (Å²) in [5.74, 6) is 1.11. The van der Waals surface area contributed by atoms with Crippen molar-refractivity contribution in [3.05, 3.63) is 18.2 Å². The second kappa shape index (κ2) is 5.43. The molecule has 0 atom stereocenters. The van der Waals surface area contributed by atoms with E-state index >= 15 is 0 Å². The molecule has 0 radical (unpaired) electrons. The maximum atomic E-state index is 4.35. The minimum Gasteiger partial charge on any atom is -0.334 e. The van der Waals surface area contributed by atoms with E-state index in [0.717, 1.165) is 45.1 Å². The third-order valence-electron chi connectivity index (χ3n) is 3.11. The fraction of sp³-hybridized carbons (Fsp3) is 0.727. The number of imidazole rings is 1. The van der Waals surface area contributed by atoms with E-state index in [9.17, 15) is 0 Å². The van der Waals surface area contributed by atoms with Crippen LogP contribution < -0.4 is 5.43 Å². The van der Waals surface area contributed by atoms with Gasteiger partial charge in [0, 0.05) is 45.1 Å². The van der Waals surface area contributed by atoms with Gasteiger partial charge in [-0.05, 0) is 14.0 Å². The second-order valence-corrected chi connectivity index (χ2v) is 4.25. The van der Waals surface area contributed by atoms with E-state index in [2.05, 4.69) is 38.9 Å². The number of hydrogen-bond donors (Lipinski definition) is 1. The van der Waals surface area contributed by atoms with Crippen molar-refractivity contribution in [3.8, 4) is 0 Å². The highest BCUT2D eigenvalue weighted by atomic mass is 15.5. The molecule has 1 aromatic heterocycles. The molecule has 0 aliphatic carbocycles. The summed E-state index contributed by atoms with van der Waals surface area (Å²) in [4.78, 5) is 6.70. The third-order valence-corrected chi connectivity index (χ3v) is 3.11. The summed E-state index contributed by atoms with van der Waals surface area (Å²) in [6.07, 6.45) is 3.89. The van der Waals surface area contributed by atoms with Gasteiger partial charge in [0.2, 0.25) is 0 Å². The first-order valence-electron chi connectivity index (χ1n) is 5.96. The minimum absolute atomic E-state index is 0.824. The van der Waals surface area contributed by atoms with Crippen molar-refractivity contribution in [3.63, 3.8) is 0 Å². The number of rotatable bonds is 4. The molecule has 1 aliphatic rings. The summed E-state index contributed by atoms with van der Waals surface area (Å²) in [6.45, 7) is 8.39. The number of nitrogens with zero attached hydrogens (tertiary/aromatic N) is 4. The van der Waals surface area contributed by atoms with E-state index in [4.69, 9.17) is 0 Å². The first-order chi connectivity index (χ1) is 7.79. The van der Waals surface area contributed by atoms with Crippen molar-refractivity contribution in [2.45, 2.75) is 20.0 Å². The quantitative estimate of drug-likeness (QED) is 0.788. The largest absolute Gasteiger partial charge is 0.334 e. The Bertz CT molecular complexity index is 314. The van der Waals surface area contributed by atoms with Crippen LogP contribution in [0.15, 0.2) is 12.4 Å². The fourth-order valence-electron chi connectivity index (χ4n) is 1.94. The van der Waals surface area contributed by atoms with Gasteiger partial charge >= 0.3 is 0 Å². The molecule has 2 rings (SSSR count). The molecule has 0 unspecified atom stereocenters. The van der Waals surface area contributed by atoms with Crippen molar-refractivity contribution in [1.82, 2.24) is 24.9 Å². The average Bonchev–Trinajstić information content (AvgIpc) is 2.76. The molecule has 0 spiro atoms. The molecule has 5 nitrogen and oxygen atoms in total. The topological polar surface area (TPSA) is 36.3 Å². The predicted molar refractivity (Wildman–Crippen MR) is 63.8 cm³/mol. The second-order valence-electron chi connectivity index (χ2n) is 4.25. The number of nitrogens with one attached hydrogen (secondary N) is 1. The molecule has 0 aromatic carbocycles. The Morgan fingerprint density at radius 1 is 1.31 bits per heavy atom. The van der Waals surface area contributed by atoms with Crippen molar-refractivity contribution >= 4 is 0 Å². The Labute approximate surface area is 97.0 Å². The van der Waals surface area contributed by atoms with E-state index in [-0.39, 0.29) is 0 Å². The lowest BCUT2D eigenvalue weighted by atomic mass is 10.4. The van der Waals surface area contributed by atoms with Gasteiger partial charge in [-0.3, -0.25) is 0 Å². The van der Waals surface area contributed by atoms with Crippen LogP contribution in [0.25, 0.3) is 0 Å². The molecule has 1 aromatic rings. The van der Waals surface area contributed by atoms with E-state index in [1.54, 1.807) is 0 Å². The Balaban J connectivity index is 1.79. The van der Waals surface area contributed by atoms with Crippen molar-refractivity contribution in [1.29, 1.82) is 0 Å². The Morgan fingerprint density at radius 2 is 2.06 bits per heavy atom. The van der Waals surface area contributed by atoms with Crippen LogP contribution in [0.5, 0.6) is 0 Å². The highest BCUT2D eigenvalue weighted by Gasteiger charge is 2.13. The van der Waals surface area contributed by atoms with Gasteiger partial charge in [0.05, 0.1) is 6.54 Å². The summed E-state index contributed by atoms with van der Waals surface area (Å²) in [6, 6.07) is 0. The molecule has 2 heterocycles. The standard InChI is InChI=1S/C11H21N5/c1-3-15-5-4-12-11(15)10-13-16-8-6-14(2)7-9-16/h4-5,13H,3,6-10H2,1-2H3. The van der Waals surface area contributed by atoms with Gasteiger partial charge in [0.15, 0.2) is 0 Å². The predicted octanol–water partition coefficient (Wildman–Crippen LogP) is 0.155. The maximum absolute atomic E-state index is 4.35. The van der Waals surface area contributed by atoms with Gasteiger partial charge in [-0.15, -0.1) is 0 Å². The van der Waals surface area contributed by atoms with E-state index in [0.29, 0.717) is 0 Å². The Kier molecular flexibility index (Phi) is 3.93. The monoisotopic (exact) mass is 223 g/mol. The number of piperazine rings is 1. The molecule has 1 aliphatic heterocycles. The van der Waals surface area contributed by atoms with Gasteiger partial charge in [0.1, 0.15) is 5.82 Å². The SMILES string of the molecule is CCn1ccnc1CNN1CCN(C)CC1. The zero-order valence-electron chi connectivity index (χ0n) is 10.2. The zero-order chi connectivity index (χ0) is 11.4. The molecule has 5 heteroatoms. The normalized spacial score (nSPS) is 19.1. The third kappa shape index (κ3) is 2.81. The van der Waals surface area contributed by atoms with E-state index in [1.807, 2.05) is 12.4 Å². The highest BCUT2D eigenvalue weighted by molar-refractivity contribution is 4.91. The Hall–Kier alpha value is -0.910. The van der Waals surface area contributed by atoms with Crippen molar-refractivity contribution in [2.75, 3.05) is 33.2 Å². The van der Waals surface area contributed by atoms with Crippen molar-refractivity contribution < 1.29 is 0 Å². The summed E-state index contributed by atoms with van der Waals surface area (Å²) in [5.41, 5.74) is 3.44. The number of hydrazine groups is 1. The van der Waals surface area contributed by atoms with Crippen LogP contribution in [-0.4, -0.2) is 52.7 Å². The molecular weight excluding hydrogens is 202 g/mol. The summed E-state index contributed by atoms with van der Waals surface area (Å²) in [5, 5.41) is 2.29. The molecule has 1 saturated heterocycles. The van der Waals surface area contributed by atoms with Gasteiger partial charge in [-0.2, -0.15) is 0 Å². The van der Waals surface area contributed by atoms with Crippen LogP contribution in [0, 0.1) is 0 Å². The molecule has 1 fully saturated rings. The lowest BCUT2D eigenvalue weighted by Crippen LogP contribution is -2.50. The van der Waals surface area contributed by atoms with Crippen LogP contribution in [0.4, 0.5) is 0 Å². The average molecular weight is 223 g/mol. The molecule has 90 valence electrons. The van der Waals surface area contributed by atoms with Gasteiger partial charge in [-0.25, -0.2) is 15.4 Å². The lowest BCUT2D eigenvalue weighted by Gasteiger charge is -2.32. The van der Waals surface area contributed by atoms with Crippen LogP contribution in [0.1, 0.15) is 12.7 Å². The summed E-state index contributed by atoms with van der Waals surface area (Å²) < 4.78 is 2.17. The van der Waals surface area contributed by atoms with E-state index < -0.39 is 0 Å². The van der Waals surface area contributed by atoms with Crippen LogP contribution in [0.3, 0.4) is 0 Å². The van der Waals surface area contributed by atoms with Crippen LogP contribution in [-0.2, 0) is 13.1 Å². The van der Waals surface area contributed by atoms with E-state index in [1.165, 1.54) is 0 Å². The molecule has 0 saturated carbocycles. The number of likely N-dealkylation sites (N-methyl/N-ethyl adjacent to an activating group) is 1. The van der Waals surface area contributed by atoms with Gasteiger partial charge in [0.25, 0.3) is 0 Å².